The summed E-state index contributed by atoms with van der Waals surface area (Å²) < 4.78 is 37.5. The van der Waals surface area contributed by atoms with Gasteiger partial charge in [-0.1, -0.05) is 26.0 Å². The van der Waals surface area contributed by atoms with Gasteiger partial charge in [0.15, 0.2) is 0 Å². The standard InChI is InChI=1S/C15H22F3N3/c1-11(2)9-21(8-7-14(19)20)10-12-3-5-13(6-4-12)15(16,17)18/h3-6,11H,7-10H2,1-2H3,(H3,19,20). The maximum Gasteiger partial charge on any atom is 0.416 e. The van der Waals surface area contributed by atoms with E-state index in [9.17, 15) is 13.2 Å². The molecule has 0 saturated carbocycles. The molecule has 0 aromatic heterocycles. The van der Waals surface area contributed by atoms with Gasteiger partial charge >= 0.3 is 6.18 Å². The Kier molecular flexibility index (Phi) is 6.20. The van der Waals surface area contributed by atoms with Gasteiger partial charge in [-0.3, -0.25) is 10.3 Å². The molecule has 3 nitrogen and oxygen atoms in total. The number of nitrogens with zero attached hydrogens (tertiary/aromatic N) is 1. The van der Waals surface area contributed by atoms with E-state index >= 15 is 0 Å². The van der Waals surface area contributed by atoms with Gasteiger partial charge in [0, 0.05) is 26.1 Å². The molecule has 1 aromatic rings. The first-order valence-corrected chi connectivity index (χ1v) is 6.90. The molecule has 1 aromatic carbocycles. The lowest BCUT2D eigenvalue weighted by atomic mass is 10.1. The number of alkyl halides is 3. The molecule has 0 aliphatic carbocycles. The molecule has 0 saturated heterocycles. The zero-order valence-electron chi connectivity index (χ0n) is 12.4. The summed E-state index contributed by atoms with van der Waals surface area (Å²) in [5.74, 6) is 0.558. The molecule has 3 N–H and O–H groups in total. The van der Waals surface area contributed by atoms with E-state index in [2.05, 4.69) is 18.7 Å². The summed E-state index contributed by atoms with van der Waals surface area (Å²) >= 11 is 0. The minimum atomic E-state index is -4.30. The number of amidine groups is 1. The van der Waals surface area contributed by atoms with Crippen molar-refractivity contribution in [3.63, 3.8) is 0 Å². The lowest BCUT2D eigenvalue weighted by Crippen LogP contribution is -2.30. The Bertz CT molecular complexity index is 452. The number of benzene rings is 1. The van der Waals surface area contributed by atoms with Crippen molar-refractivity contribution in [3.05, 3.63) is 35.4 Å². The summed E-state index contributed by atoms with van der Waals surface area (Å²) in [6, 6.07) is 5.22. The third-order valence-electron chi connectivity index (χ3n) is 3.01. The largest absolute Gasteiger partial charge is 0.416 e. The van der Waals surface area contributed by atoms with Crippen LogP contribution in [0, 0.1) is 11.3 Å². The fourth-order valence-corrected chi connectivity index (χ4v) is 2.09. The Morgan fingerprint density at radius 3 is 2.24 bits per heavy atom. The molecule has 0 aliphatic rings. The second kappa shape index (κ2) is 7.45. The normalized spacial score (nSPS) is 12.1. The Hall–Kier alpha value is -1.56. The highest BCUT2D eigenvalue weighted by molar-refractivity contribution is 5.76. The van der Waals surface area contributed by atoms with Gasteiger partial charge in [0.2, 0.25) is 0 Å². The summed E-state index contributed by atoms with van der Waals surface area (Å²) in [7, 11) is 0. The van der Waals surface area contributed by atoms with Gasteiger partial charge in [-0.05, 0) is 23.6 Å². The molecule has 0 atom stereocenters. The molecule has 21 heavy (non-hydrogen) atoms. The Labute approximate surface area is 123 Å². The quantitative estimate of drug-likeness (QED) is 0.598. The van der Waals surface area contributed by atoms with Crippen LogP contribution in [0.25, 0.3) is 0 Å². The van der Waals surface area contributed by atoms with Crippen LogP contribution in [0.15, 0.2) is 24.3 Å². The van der Waals surface area contributed by atoms with Gasteiger partial charge in [0.05, 0.1) is 11.4 Å². The molecular formula is C15H22F3N3. The molecule has 0 heterocycles. The topological polar surface area (TPSA) is 53.1 Å². The second-order valence-corrected chi connectivity index (χ2v) is 5.60. The van der Waals surface area contributed by atoms with Gasteiger partial charge in [-0.2, -0.15) is 13.2 Å². The Balaban J connectivity index is 2.71. The predicted molar refractivity (Wildman–Crippen MR) is 78.1 cm³/mol. The van der Waals surface area contributed by atoms with Crippen LogP contribution in [0.1, 0.15) is 31.4 Å². The molecule has 0 radical (unpaired) electrons. The van der Waals surface area contributed by atoms with Crippen molar-refractivity contribution in [3.8, 4) is 0 Å². The molecule has 0 aliphatic heterocycles. The molecule has 0 spiro atoms. The number of hydrogen-bond acceptors (Lipinski definition) is 2. The van der Waals surface area contributed by atoms with E-state index in [0.717, 1.165) is 24.2 Å². The molecule has 0 bridgehead atoms. The summed E-state index contributed by atoms with van der Waals surface area (Å²) in [6.45, 7) is 6.16. The van der Waals surface area contributed by atoms with Crippen LogP contribution in [-0.2, 0) is 12.7 Å². The summed E-state index contributed by atoms with van der Waals surface area (Å²) in [4.78, 5) is 2.11. The van der Waals surface area contributed by atoms with Crippen LogP contribution < -0.4 is 5.73 Å². The molecule has 118 valence electrons. The maximum atomic E-state index is 12.5. The molecule has 0 fully saturated rings. The summed E-state index contributed by atoms with van der Waals surface area (Å²) in [5, 5.41) is 7.27. The highest BCUT2D eigenvalue weighted by atomic mass is 19.4. The minimum absolute atomic E-state index is 0.121. The predicted octanol–water partition coefficient (Wildman–Crippen LogP) is 3.49. The van der Waals surface area contributed by atoms with Crippen molar-refractivity contribution < 1.29 is 13.2 Å². The third-order valence-corrected chi connectivity index (χ3v) is 3.01. The minimum Gasteiger partial charge on any atom is -0.388 e. The van der Waals surface area contributed by atoms with E-state index in [4.69, 9.17) is 11.1 Å². The van der Waals surface area contributed by atoms with E-state index < -0.39 is 11.7 Å². The van der Waals surface area contributed by atoms with E-state index in [0.29, 0.717) is 25.4 Å². The van der Waals surface area contributed by atoms with Crippen molar-refractivity contribution in [2.45, 2.75) is 33.0 Å². The van der Waals surface area contributed by atoms with E-state index in [1.165, 1.54) is 12.1 Å². The van der Waals surface area contributed by atoms with Crippen molar-refractivity contribution in [2.24, 2.45) is 11.7 Å². The lowest BCUT2D eigenvalue weighted by Gasteiger charge is -2.24. The van der Waals surface area contributed by atoms with Crippen LogP contribution in [0.3, 0.4) is 0 Å². The number of nitrogens with one attached hydrogen (secondary N) is 1. The van der Waals surface area contributed by atoms with Gasteiger partial charge < -0.3 is 5.73 Å². The molecule has 1 rings (SSSR count). The zero-order valence-corrected chi connectivity index (χ0v) is 12.4. The van der Waals surface area contributed by atoms with Crippen LogP contribution >= 0.6 is 0 Å². The van der Waals surface area contributed by atoms with E-state index in [1.54, 1.807) is 0 Å². The molecule has 0 amide bonds. The van der Waals surface area contributed by atoms with Gasteiger partial charge in [0.1, 0.15) is 0 Å². The highest BCUT2D eigenvalue weighted by Gasteiger charge is 2.29. The van der Waals surface area contributed by atoms with E-state index in [1.807, 2.05) is 0 Å². The van der Waals surface area contributed by atoms with Gasteiger partial charge in [-0.15, -0.1) is 0 Å². The third kappa shape index (κ3) is 6.62. The van der Waals surface area contributed by atoms with Crippen molar-refractivity contribution >= 4 is 5.84 Å². The van der Waals surface area contributed by atoms with Crippen LogP contribution in [0.4, 0.5) is 13.2 Å². The fraction of sp³-hybridized carbons (Fsp3) is 0.533. The highest BCUT2D eigenvalue weighted by Crippen LogP contribution is 2.29. The number of rotatable bonds is 7. The smallest absolute Gasteiger partial charge is 0.388 e. The lowest BCUT2D eigenvalue weighted by molar-refractivity contribution is -0.137. The first kappa shape index (κ1) is 17.5. The van der Waals surface area contributed by atoms with Crippen LogP contribution in [-0.4, -0.2) is 23.8 Å². The zero-order chi connectivity index (χ0) is 16.0. The SMILES string of the molecule is CC(C)CN(CCC(=N)N)Cc1ccc(C(F)(F)F)cc1. The molecule has 6 heteroatoms. The van der Waals surface area contributed by atoms with Crippen molar-refractivity contribution in [2.75, 3.05) is 13.1 Å². The summed E-state index contributed by atoms with van der Waals surface area (Å²) in [5.41, 5.74) is 5.56. The maximum absolute atomic E-state index is 12.5. The van der Waals surface area contributed by atoms with Crippen molar-refractivity contribution in [1.29, 1.82) is 5.41 Å². The molecular weight excluding hydrogens is 279 g/mol. The van der Waals surface area contributed by atoms with Crippen LogP contribution in [0.2, 0.25) is 0 Å². The number of nitrogens with two attached hydrogens (primary N) is 1. The second-order valence-electron chi connectivity index (χ2n) is 5.60. The number of hydrogen-bond donors (Lipinski definition) is 2. The Morgan fingerprint density at radius 2 is 1.81 bits per heavy atom. The first-order valence-electron chi connectivity index (χ1n) is 6.90. The first-order chi connectivity index (χ1) is 9.68. The van der Waals surface area contributed by atoms with Crippen LogP contribution in [0.5, 0.6) is 0 Å². The monoisotopic (exact) mass is 301 g/mol. The average molecular weight is 301 g/mol. The number of halogens is 3. The fourth-order valence-electron chi connectivity index (χ4n) is 2.09. The van der Waals surface area contributed by atoms with Crippen molar-refractivity contribution in [1.82, 2.24) is 4.90 Å². The molecule has 0 unspecified atom stereocenters. The Morgan fingerprint density at radius 1 is 1.24 bits per heavy atom. The summed E-state index contributed by atoms with van der Waals surface area (Å²) in [6.07, 6.45) is -3.84. The van der Waals surface area contributed by atoms with Gasteiger partial charge in [-0.25, -0.2) is 0 Å². The van der Waals surface area contributed by atoms with E-state index in [-0.39, 0.29) is 5.84 Å². The average Bonchev–Trinajstić information content (AvgIpc) is 2.35. The van der Waals surface area contributed by atoms with Gasteiger partial charge in [0.25, 0.3) is 0 Å².